The number of nitrogens with one attached hydrogen (secondary N) is 2. The average molecular weight is 385 g/mol. The summed E-state index contributed by atoms with van der Waals surface area (Å²) in [4.78, 5) is 3.29. The molecule has 0 saturated carbocycles. The van der Waals surface area contributed by atoms with Crippen LogP contribution in [0.25, 0.3) is 16.5 Å². The molecule has 3 aromatic rings. The maximum atomic E-state index is 6.39. The number of hydrogen-bond donors (Lipinski definition) is 2. The number of hydrogen-bond acceptors (Lipinski definition) is 1. The second-order valence-electron chi connectivity index (χ2n) is 6.91. The third kappa shape index (κ3) is 3.83. The Balaban J connectivity index is 1.37. The van der Waals surface area contributed by atoms with E-state index in [2.05, 4.69) is 40.6 Å². The van der Waals surface area contributed by atoms with E-state index in [1.54, 1.807) is 0 Å². The smallest absolute Gasteiger partial charge is 0.0495 e. The Hall–Kier alpha value is -1.74. The van der Waals surface area contributed by atoms with Crippen LogP contribution in [-0.4, -0.2) is 17.6 Å². The largest absolute Gasteiger partial charge is 0.361 e. The van der Waals surface area contributed by atoms with E-state index in [4.69, 9.17) is 23.2 Å². The lowest BCUT2D eigenvalue weighted by molar-refractivity contribution is 0.486. The summed E-state index contributed by atoms with van der Waals surface area (Å²) in [7, 11) is 0. The number of H-pyrrole nitrogens is 1. The van der Waals surface area contributed by atoms with Crippen LogP contribution in [0.15, 0.2) is 54.7 Å². The Morgan fingerprint density at radius 2 is 2.00 bits per heavy atom. The summed E-state index contributed by atoms with van der Waals surface area (Å²) >= 11 is 12.4. The summed E-state index contributed by atoms with van der Waals surface area (Å²) in [6.45, 7) is 0.895. The lowest BCUT2D eigenvalue weighted by Crippen LogP contribution is -2.33. The molecule has 2 nitrogen and oxygen atoms in total. The lowest BCUT2D eigenvalue weighted by atomic mass is 9.92. The summed E-state index contributed by atoms with van der Waals surface area (Å²) in [5, 5.41) is 6.38. The van der Waals surface area contributed by atoms with Gasteiger partial charge < -0.3 is 10.3 Å². The molecule has 0 spiro atoms. The molecular formula is C22H22Cl2N2. The van der Waals surface area contributed by atoms with Gasteiger partial charge in [0, 0.05) is 39.7 Å². The van der Waals surface area contributed by atoms with Crippen LogP contribution >= 0.6 is 23.2 Å². The fourth-order valence-corrected chi connectivity index (χ4v) is 4.38. The Kier molecular flexibility index (Phi) is 5.35. The average Bonchev–Trinajstić information content (AvgIpc) is 3.12. The van der Waals surface area contributed by atoms with Gasteiger partial charge in [-0.05, 0) is 66.6 Å². The molecule has 1 atom stereocenters. The SMILES string of the molecule is Clc1ccc(C2=CCNC(CCCc3cccc4[nH]ccc34)C2)c(Cl)c1. The summed E-state index contributed by atoms with van der Waals surface area (Å²) in [6, 6.07) is 14.9. The van der Waals surface area contributed by atoms with Crippen molar-refractivity contribution < 1.29 is 0 Å². The number of aromatic nitrogens is 1. The van der Waals surface area contributed by atoms with Crippen molar-refractivity contribution in [3.8, 4) is 0 Å². The number of rotatable bonds is 5. The molecular weight excluding hydrogens is 363 g/mol. The van der Waals surface area contributed by atoms with Crippen LogP contribution in [0.3, 0.4) is 0 Å². The molecule has 0 aliphatic carbocycles. The van der Waals surface area contributed by atoms with Gasteiger partial charge in [-0.2, -0.15) is 0 Å². The Morgan fingerprint density at radius 1 is 1.08 bits per heavy atom. The van der Waals surface area contributed by atoms with Gasteiger partial charge in [-0.3, -0.25) is 0 Å². The number of fused-ring (bicyclic) bond motifs is 1. The topological polar surface area (TPSA) is 27.8 Å². The molecule has 1 unspecified atom stereocenters. The van der Waals surface area contributed by atoms with Crippen LogP contribution in [0, 0.1) is 0 Å². The molecule has 0 fully saturated rings. The van der Waals surface area contributed by atoms with E-state index in [0.717, 1.165) is 36.4 Å². The molecule has 1 aliphatic heterocycles. The quantitative estimate of drug-likeness (QED) is 0.534. The van der Waals surface area contributed by atoms with Gasteiger partial charge in [-0.1, -0.05) is 47.5 Å². The van der Waals surface area contributed by atoms with E-state index in [9.17, 15) is 0 Å². The van der Waals surface area contributed by atoms with Gasteiger partial charge in [0.15, 0.2) is 0 Å². The van der Waals surface area contributed by atoms with Crippen molar-refractivity contribution in [1.82, 2.24) is 10.3 Å². The first-order chi connectivity index (χ1) is 12.7. The Morgan fingerprint density at radius 3 is 2.88 bits per heavy atom. The molecule has 0 saturated heterocycles. The van der Waals surface area contributed by atoms with Crippen molar-refractivity contribution in [1.29, 1.82) is 0 Å². The monoisotopic (exact) mass is 384 g/mol. The minimum atomic E-state index is 0.493. The summed E-state index contributed by atoms with van der Waals surface area (Å²) < 4.78 is 0. The molecule has 0 bridgehead atoms. The number of aromatic amines is 1. The molecule has 2 aromatic carbocycles. The zero-order valence-electron chi connectivity index (χ0n) is 14.6. The van der Waals surface area contributed by atoms with Gasteiger partial charge in [0.2, 0.25) is 0 Å². The van der Waals surface area contributed by atoms with E-state index >= 15 is 0 Å². The zero-order valence-corrected chi connectivity index (χ0v) is 16.1. The fourth-order valence-electron chi connectivity index (χ4n) is 3.85. The van der Waals surface area contributed by atoms with Crippen molar-refractivity contribution in [3.63, 3.8) is 0 Å². The third-order valence-electron chi connectivity index (χ3n) is 5.18. The van der Waals surface area contributed by atoms with Crippen LogP contribution in [0.5, 0.6) is 0 Å². The number of benzene rings is 2. The first-order valence-corrected chi connectivity index (χ1v) is 9.89. The van der Waals surface area contributed by atoms with Crippen LogP contribution in [0.2, 0.25) is 10.0 Å². The predicted molar refractivity (Wildman–Crippen MR) is 112 cm³/mol. The highest BCUT2D eigenvalue weighted by atomic mass is 35.5. The Bertz CT molecular complexity index is 942. The van der Waals surface area contributed by atoms with Crippen molar-refractivity contribution in [2.24, 2.45) is 0 Å². The van der Waals surface area contributed by atoms with E-state index in [1.165, 1.54) is 28.5 Å². The highest BCUT2D eigenvalue weighted by Crippen LogP contribution is 2.31. The van der Waals surface area contributed by atoms with E-state index in [1.807, 2.05) is 24.4 Å². The minimum absolute atomic E-state index is 0.493. The van der Waals surface area contributed by atoms with Crippen LogP contribution in [0.1, 0.15) is 30.4 Å². The van der Waals surface area contributed by atoms with Gasteiger partial charge >= 0.3 is 0 Å². The van der Waals surface area contributed by atoms with Crippen molar-refractivity contribution in [2.75, 3.05) is 6.54 Å². The second kappa shape index (κ2) is 7.87. The van der Waals surface area contributed by atoms with Crippen molar-refractivity contribution in [2.45, 2.75) is 31.7 Å². The molecule has 1 aliphatic rings. The van der Waals surface area contributed by atoms with Gasteiger partial charge in [-0.15, -0.1) is 0 Å². The third-order valence-corrected chi connectivity index (χ3v) is 5.73. The van der Waals surface area contributed by atoms with Crippen molar-refractivity contribution >= 4 is 39.7 Å². The van der Waals surface area contributed by atoms with E-state index < -0.39 is 0 Å². The zero-order chi connectivity index (χ0) is 17.9. The normalized spacial score (nSPS) is 17.5. The summed E-state index contributed by atoms with van der Waals surface area (Å²) in [5.41, 5.74) is 5.08. The molecule has 2 heterocycles. The Labute approximate surface area is 164 Å². The molecule has 134 valence electrons. The van der Waals surface area contributed by atoms with Crippen LogP contribution < -0.4 is 5.32 Å². The molecule has 4 rings (SSSR count). The molecule has 0 amide bonds. The standard InChI is InChI=1S/C22H22Cl2N2/c23-17-7-8-19(21(24)14-17)16-9-11-25-18(13-16)5-1-3-15-4-2-6-22-20(15)10-12-26-22/h2,4,6-10,12,14,18,25-26H,1,3,5,11,13H2. The van der Waals surface area contributed by atoms with Crippen LogP contribution in [-0.2, 0) is 6.42 Å². The summed E-state index contributed by atoms with van der Waals surface area (Å²) in [5.74, 6) is 0. The van der Waals surface area contributed by atoms with Gasteiger partial charge in [0.25, 0.3) is 0 Å². The highest BCUT2D eigenvalue weighted by molar-refractivity contribution is 6.35. The first-order valence-electron chi connectivity index (χ1n) is 9.13. The number of halogens is 2. The van der Waals surface area contributed by atoms with Gasteiger partial charge in [-0.25, -0.2) is 0 Å². The fraction of sp³-hybridized carbons (Fsp3) is 0.273. The highest BCUT2D eigenvalue weighted by Gasteiger charge is 2.17. The molecule has 0 radical (unpaired) electrons. The molecule has 26 heavy (non-hydrogen) atoms. The minimum Gasteiger partial charge on any atom is -0.361 e. The van der Waals surface area contributed by atoms with Gasteiger partial charge in [0.1, 0.15) is 0 Å². The summed E-state index contributed by atoms with van der Waals surface area (Å²) in [6.07, 6.45) is 8.70. The van der Waals surface area contributed by atoms with Crippen molar-refractivity contribution in [3.05, 3.63) is 75.9 Å². The van der Waals surface area contributed by atoms with E-state index in [-0.39, 0.29) is 0 Å². The second-order valence-corrected chi connectivity index (χ2v) is 7.75. The lowest BCUT2D eigenvalue weighted by Gasteiger charge is -2.25. The first kappa shape index (κ1) is 17.7. The maximum absolute atomic E-state index is 6.39. The van der Waals surface area contributed by atoms with E-state index in [0.29, 0.717) is 11.1 Å². The number of aryl methyl sites for hydroxylation is 1. The van der Waals surface area contributed by atoms with Crippen LogP contribution in [0.4, 0.5) is 0 Å². The maximum Gasteiger partial charge on any atom is 0.0495 e. The molecule has 1 aromatic heterocycles. The predicted octanol–water partition coefficient (Wildman–Crippen LogP) is 6.24. The van der Waals surface area contributed by atoms with Gasteiger partial charge in [0.05, 0.1) is 0 Å². The molecule has 2 N–H and O–H groups in total. The molecule has 4 heteroatoms.